The van der Waals surface area contributed by atoms with Crippen molar-refractivity contribution in [1.82, 2.24) is 14.9 Å². The van der Waals surface area contributed by atoms with Gasteiger partial charge in [0, 0.05) is 4.88 Å². The highest BCUT2D eigenvalue weighted by atomic mass is 32.1. The van der Waals surface area contributed by atoms with E-state index >= 15 is 0 Å². The molecule has 2 amide bonds. The van der Waals surface area contributed by atoms with Gasteiger partial charge in [-0.25, -0.2) is 4.98 Å². The predicted octanol–water partition coefficient (Wildman–Crippen LogP) is 2.16. The average molecular weight is 415 g/mol. The fraction of sp³-hybridized carbons (Fsp3) is 0.450. The van der Waals surface area contributed by atoms with Gasteiger partial charge in [0.2, 0.25) is 11.8 Å². The number of esters is 1. The highest BCUT2D eigenvalue weighted by Crippen LogP contribution is 2.35. The third-order valence-electron chi connectivity index (χ3n) is 5.64. The molecule has 1 N–H and O–H groups in total. The molecule has 9 heteroatoms. The maximum atomic E-state index is 12.5. The third-order valence-corrected chi connectivity index (χ3v) is 6.74. The molecule has 2 aromatic rings. The van der Waals surface area contributed by atoms with Crippen LogP contribution in [0.25, 0.3) is 10.2 Å². The number of fused-ring (bicyclic) bond motifs is 2. The van der Waals surface area contributed by atoms with E-state index < -0.39 is 18.6 Å². The monoisotopic (exact) mass is 415 g/mol. The number of aryl methyl sites for hydroxylation is 2. The predicted molar refractivity (Wildman–Crippen MR) is 106 cm³/mol. The molecule has 2 aromatic heterocycles. The molecule has 0 aromatic carbocycles. The molecule has 3 atom stereocenters. The van der Waals surface area contributed by atoms with E-state index in [0.717, 1.165) is 15.3 Å². The molecule has 1 saturated heterocycles. The molecular weight excluding hydrogens is 394 g/mol. The molecule has 3 heterocycles. The summed E-state index contributed by atoms with van der Waals surface area (Å²) in [7, 11) is 0. The van der Waals surface area contributed by atoms with Crippen LogP contribution in [0.3, 0.4) is 0 Å². The Kier molecular flexibility index (Phi) is 4.85. The standard InChI is InChI=1S/C20H21N3O5S/c1-9-11(3)29-18-15(9)17(25)21-16(22-18)10(2)28-14(24)8-23-19(26)12-6-4-5-7-13(12)20(23)27/h4-5,10,12-13H,6-8H2,1-3H3,(H,21,22,25)/t10-,12+,13+/m1/s1. The van der Waals surface area contributed by atoms with E-state index in [-0.39, 0.29) is 35.0 Å². The Morgan fingerprint density at radius 3 is 2.48 bits per heavy atom. The normalized spacial score (nSPS) is 22.2. The van der Waals surface area contributed by atoms with E-state index in [1.54, 1.807) is 6.92 Å². The number of amides is 2. The fourth-order valence-corrected chi connectivity index (χ4v) is 4.95. The number of allylic oxidation sites excluding steroid dienone is 2. The lowest BCUT2D eigenvalue weighted by atomic mass is 9.85. The van der Waals surface area contributed by atoms with E-state index in [2.05, 4.69) is 9.97 Å². The Bertz CT molecular complexity index is 1090. The number of thiophene rings is 1. The zero-order chi connectivity index (χ0) is 20.9. The number of H-pyrrole nitrogens is 1. The van der Waals surface area contributed by atoms with Gasteiger partial charge in [-0.1, -0.05) is 12.2 Å². The first-order chi connectivity index (χ1) is 13.8. The topological polar surface area (TPSA) is 109 Å². The summed E-state index contributed by atoms with van der Waals surface area (Å²) in [6.07, 6.45) is 3.99. The molecule has 8 nitrogen and oxygen atoms in total. The van der Waals surface area contributed by atoms with Crippen molar-refractivity contribution in [1.29, 1.82) is 0 Å². The third kappa shape index (κ3) is 3.29. The number of likely N-dealkylation sites (tertiary alicyclic amines) is 1. The summed E-state index contributed by atoms with van der Waals surface area (Å²) in [5.74, 6) is -1.91. The Balaban J connectivity index is 1.48. The van der Waals surface area contributed by atoms with Crippen LogP contribution in [0.5, 0.6) is 0 Å². The first kappa shape index (κ1) is 19.5. The van der Waals surface area contributed by atoms with Crippen LogP contribution in [-0.2, 0) is 19.1 Å². The van der Waals surface area contributed by atoms with Crippen LogP contribution in [0, 0.1) is 25.7 Å². The molecule has 0 saturated carbocycles. The van der Waals surface area contributed by atoms with Crippen molar-refractivity contribution in [2.75, 3.05) is 6.54 Å². The van der Waals surface area contributed by atoms with Gasteiger partial charge in [-0.3, -0.25) is 24.1 Å². The first-order valence-corrected chi connectivity index (χ1v) is 10.3. The fourth-order valence-electron chi connectivity index (χ4n) is 3.91. The van der Waals surface area contributed by atoms with Crippen LogP contribution >= 0.6 is 11.3 Å². The number of carbonyl (C=O) groups is 3. The van der Waals surface area contributed by atoms with Crippen LogP contribution in [0.2, 0.25) is 0 Å². The Hall–Kier alpha value is -2.81. The smallest absolute Gasteiger partial charge is 0.326 e. The van der Waals surface area contributed by atoms with Gasteiger partial charge in [-0.15, -0.1) is 11.3 Å². The largest absolute Gasteiger partial charge is 0.453 e. The van der Waals surface area contributed by atoms with Gasteiger partial charge in [0.25, 0.3) is 5.56 Å². The van der Waals surface area contributed by atoms with Crippen molar-refractivity contribution < 1.29 is 19.1 Å². The Morgan fingerprint density at radius 2 is 1.86 bits per heavy atom. The molecule has 0 bridgehead atoms. The number of hydrogen-bond acceptors (Lipinski definition) is 7. The van der Waals surface area contributed by atoms with Crippen molar-refractivity contribution >= 4 is 39.3 Å². The quantitative estimate of drug-likeness (QED) is 0.466. The van der Waals surface area contributed by atoms with Gasteiger partial charge in [0.1, 0.15) is 11.4 Å². The number of nitrogens with one attached hydrogen (secondary N) is 1. The van der Waals surface area contributed by atoms with Crippen LogP contribution in [-0.4, -0.2) is 39.2 Å². The first-order valence-electron chi connectivity index (χ1n) is 9.47. The SMILES string of the molecule is Cc1sc2nc([C@@H](C)OC(=O)CN3C(=O)[C@H]4CC=CC[C@@H]4C3=O)[nH]c(=O)c2c1C. The number of aromatic nitrogens is 2. The number of hydrogen-bond donors (Lipinski definition) is 1. The minimum Gasteiger partial charge on any atom is -0.453 e. The molecule has 0 spiro atoms. The number of rotatable bonds is 4. The van der Waals surface area contributed by atoms with Crippen LogP contribution in [0.1, 0.15) is 42.1 Å². The number of carbonyl (C=O) groups excluding carboxylic acids is 3. The highest BCUT2D eigenvalue weighted by molar-refractivity contribution is 7.18. The Labute approximate surface area is 170 Å². The summed E-state index contributed by atoms with van der Waals surface area (Å²) in [6, 6.07) is 0. The van der Waals surface area contributed by atoms with E-state index in [1.807, 2.05) is 26.0 Å². The van der Waals surface area contributed by atoms with E-state index in [4.69, 9.17) is 4.74 Å². The molecular formula is C20H21N3O5S. The summed E-state index contributed by atoms with van der Waals surface area (Å²) in [5, 5.41) is 0.541. The molecule has 1 aliphatic carbocycles. The van der Waals surface area contributed by atoms with Crippen LogP contribution in [0.15, 0.2) is 16.9 Å². The molecule has 1 fully saturated rings. The van der Waals surface area contributed by atoms with Crippen molar-refractivity contribution in [3.8, 4) is 0 Å². The molecule has 0 unspecified atom stereocenters. The second kappa shape index (κ2) is 7.22. The summed E-state index contributed by atoms with van der Waals surface area (Å²) in [4.78, 5) is 59.4. The number of imide groups is 1. The number of nitrogens with zero attached hydrogens (tertiary/aromatic N) is 2. The molecule has 1 aliphatic heterocycles. The minimum atomic E-state index is -0.820. The van der Waals surface area contributed by atoms with Crippen LogP contribution in [0.4, 0.5) is 0 Å². The Morgan fingerprint density at radius 1 is 1.24 bits per heavy atom. The van der Waals surface area contributed by atoms with Crippen molar-refractivity contribution in [2.45, 2.75) is 39.7 Å². The summed E-state index contributed by atoms with van der Waals surface area (Å²) in [5.41, 5.74) is 0.605. The molecule has 2 aliphatic rings. The maximum Gasteiger partial charge on any atom is 0.326 e. The number of aromatic amines is 1. The van der Waals surface area contributed by atoms with Gasteiger partial charge < -0.3 is 9.72 Å². The van der Waals surface area contributed by atoms with Gasteiger partial charge in [-0.2, -0.15) is 0 Å². The second-order valence-corrected chi connectivity index (χ2v) is 8.67. The van der Waals surface area contributed by atoms with Crippen molar-refractivity contribution in [3.63, 3.8) is 0 Å². The van der Waals surface area contributed by atoms with Crippen molar-refractivity contribution in [2.24, 2.45) is 11.8 Å². The van der Waals surface area contributed by atoms with Crippen LogP contribution < -0.4 is 5.56 Å². The summed E-state index contributed by atoms with van der Waals surface area (Å²) in [6.45, 7) is 4.94. The minimum absolute atomic E-state index is 0.231. The zero-order valence-electron chi connectivity index (χ0n) is 16.4. The van der Waals surface area contributed by atoms with E-state index in [1.165, 1.54) is 11.3 Å². The zero-order valence-corrected chi connectivity index (χ0v) is 17.2. The molecule has 29 heavy (non-hydrogen) atoms. The molecule has 0 radical (unpaired) electrons. The highest BCUT2D eigenvalue weighted by Gasteiger charge is 2.47. The number of ether oxygens (including phenoxy) is 1. The maximum absolute atomic E-state index is 12.5. The second-order valence-electron chi connectivity index (χ2n) is 7.47. The lowest BCUT2D eigenvalue weighted by Crippen LogP contribution is -2.37. The summed E-state index contributed by atoms with van der Waals surface area (Å²) < 4.78 is 5.36. The van der Waals surface area contributed by atoms with Gasteiger partial charge in [0.15, 0.2) is 11.9 Å². The van der Waals surface area contributed by atoms with E-state index in [9.17, 15) is 19.2 Å². The van der Waals surface area contributed by atoms with Crippen molar-refractivity contribution in [3.05, 3.63) is 38.8 Å². The molecule has 4 rings (SSSR count). The van der Waals surface area contributed by atoms with E-state index in [0.29, 0.717) is 23.1 Å². The lowest BCUT2D eigenvalue weighted by Gasteiger charge is -2.17. The summed E-state index contributed by atoms with van der Waals surface area (Å²) >= 11 is 1.41. The van der Waals surface area contributed by atoms with Gasteiger partial charge in [0.05, 0.1) is 17.2 Å². The lowest BCUT2D eigenvalue weighted by molar-refractivity contribution is -0.156. The molecule has 152 valence electrons. The van der Waals surface area contributed by atoms with Gasteiger partial charge in [-0.05, 0) is 39.2 Å². The van der Waals surface area contributed by atoms with Gasteiger partial charge >= 0.3 is 5.97 Å². The average Bonchev–Trinajstić information content (AvgIpc) is 3.10.